The highest BCUT2D eigenvalue weighted by Gasteiger charge is 2.03. The molecule has 0 aliphatic carbocycles. The largest absolute Gasteiger partial charge is 0.506 e. The van der Waals surface area contributed by atoms with Crippen molar-refractivity contribution in [2.75, 3.05) is 11.6 Å². The summed E-state index contributed by atoms with van der Waals surface area (Å²) in [6, 6.07) is 4.74. The number of phenols is 1. The van der Waals surface area contributed by atoms with E-state index in [1.54, 1.807) is 28.9 Å². The Labute approximate surface area is 91.3 Å². The summed E-state index contributed by atoms with van der Waals surface area (Å²) in [5.41, 5.74) is 6.40. The van der Waals surface area contributed by atoms with Crippen LogP contribution in [0.15, 0.2) is 40.1 Å². The Morgan fingerprint density at radius 1 is 1.47 bits per heavy atom. The van der Waals surface area contributed by atoms with Crippen LogP contribution in [0.1, 0.15) is 0 Å². The SMILES string of the molecule is Nc1ccc(N=NN2C=CSC2)c(O)c1. The molecule has 0 aromatic heterocycles. The molecule has 0 atom stereocenters. The summed E-state index contributed by atoms with van der Waals surface area (Å²) >= 11 is 1.63. The molecule has 78 valence electrons. The van der Waals surface area contributed by atoms with Gasteiger partial charge in [0.25, 0.3) is 0 Å². The normalized spacial score (nSPS) is 15.3. The Kier molecular flexibility index (Phi) is 2.77. The van der Waals surface area contributed by atoms with Gasteiger partial charge in [0.2, 0.25) is 0 Å². The number of anilines is 1. The Balaban J connectivity index is 2.13. The highest BCUT2D eigenvalue weighted by atomic mass is 32.2. The van der Waals surface area contributed by atoms with Crippen molar-refractivity contribution in [3.63, 3.8) is 0 Å². The molecule has 1 aromatic rings. The number of thioether (sulfide) groups is 1. The number of hydrogen-bond acceptors (Lipinski definition) is 5. The molecule has 1 aliphatic rings. The van der Waals surface area contributed by atoms with Crippen molar-refractivity contribution in [3.05, 3.63) is 29.8 Å². The molecule has 0 spiro atoms. The molecule has 5 nitrogen and oxygen atoms in total. The summed E-state index contributed by atoms with van der Waals surface area (Å²) in [5, 5.41) is 20.9. The Bertz CT molecular complexity index is 419. The third-order valence-corrected chi connectivity index (χ3v) is 2.53. The molecule has 1 aliphatic heterocycles. The fourth-order valence-corrected chi connectivity index (χ4v) is 1.67. The zero-order valence-electron chi connectivity index (χ0n) is 7.87. The van der Waals surface area contributed by atoms with E-state index in [4.69, 9.17) is 5.73 Å². The molecule has 0 fully saturated rings. The van der Waals surface area contributed by atoms with Crippen molar-refractivity contribution < 1.29 is 5.11 Å². The minimum atomic E-state index is 0.0366. The van der Waals surface area contributed by atoms with Gasteiger partial charge in [-0.2, -0.15) is 0 Å². The third-order valence-electron chi connectivity index (χ3n) is 1.80. The smallest absolute Gasteiger partial charge is 0.145 e. The molecule has 0 bridgehead atoms. The van der Waals surface area contributed by atoms with Crippen molar-refractivity contribution in [2.24, 2.45) is 10.3 Å². The van der Waals surface area contributed by atoms with Crippen LogP contribution in [0.2, 0.25) is 0 Å². The van der Waals surface area contributed by atoms with Crippen molar-refractivity contribution in [1.29, 1.82) is 0 Å². The van der Waals surface area contributed by atoms with Gasteiger partial charge in [-0.15, -0.1) is 16.9 Å². The topological polar surface area (TPSA) is 74.2 Å². The maximum atomic E-state index is 9.49. The van der Waals surface area contributed by atoms with Crippen molar-refractivity contribution in [3.8, 4) is 5.75 Å². The summed E-state index contributed by atoms with van der Waals surface area (Å²) in [7, 11) is 0. The van der Waals surface area contributed by atoms with Crippen LogP contribution in [0.5, 0.6) is 5.75 Å². The van der Waals surface area contributed by atoms with Gasteiger partial charge in [-0.1, -0.05) is 5.22 Å². The number of aromatic hydroxyl groups is 1. The minimum absolute atomic E-state index is 0.0366. The first-order chi connectivity index (χ1) is 7.25. The van der Waals surface area contributed by atoms with Crippen LogP contribution >= 0.6 is 11.8 Å². The highest BCUT2D eigenvalue weighted by molar-refractivity contribution is 8.02. The molecular weight excluding hydrogens is 212 g/mol. The molecule has 0 unspecified atom stereocenters. The number of benzene rings is 1. The van der Waals surface area contributed by atoms with E-state index in [-0.39, 0.29) is 5.75 Å². The molecule has 1 aromatic carbocycles. The van der Waals surface area contributed by atoms with Gasteiger partial charge in [-0.05, 0) is 17.5 Å². The lowest BCUT2D eigenvalue weighted by Crippen LogP contribution is -2.01. The lowest BCUT2D eigenvalue weighted by Gasteiger charge is -2.04. The molecular formula is C9H10N4OS. The maximum Gasteiger partial charge on any atom is 0.145 e. The van der Waals surface area contributed by atoms with Crippen LogP contribution in [0.3, 0.4) is 0 Å². The monoisotopic (exact) mass is 222 g/mol. The quantitative estimate of drug-likeness (QED) is 0.595. The lowest BCUT2D eigenvalue weighted by atomic mass is 10.3. The highest BCUT2D eigenvalue weighted by Crippen LogP contribution is 2.29. The Morgan fingerprint density at radius 2 is 2.33 bits per heavy atom. The average molecular weight is 222 g/mol. The van der Waals surface area contributed by atoms with Gasteiger partial charge in [-0.3, -0.25) is 0 Å². The van der Waals surface area contributed by atoms with E-state index in [1.807, 2.05) is 11.6 Å². The molecule has 1 heterocycles. The van der Waals surface area contributed by atoms with Gasteiger partial charge in [0.1, 0.15) is 11.4 Å². The molecule has 3 N–H and O–H groups in total. The van der Waals surface area contributed by atoms with Gasteiger partial charge < -0.3 is 10.8 Å². The molecule has 6 heteroatoms. The molecule has 0 amide bonds. The van der Waals surface area contributed by atoms with Crippen LogP contribution in [-0.2, 0) is 0 Å². The fourth-order valence-electron chi connectivity index (χ4n) is 1.06. The van der Waals surface area contributed by atoms with Crippen LogP contribution in [-0.4, -0.2) is 16.0 Å². The first-order valence-corrected chi connectivity index (χ1v) is 5.35. The van der Waals surface area contributed by atoms with Gasteiger partial charge in [0.15, 0.2) is 0 Å². The van der Waals surface area contributed by atoms with Crippen LogP contribution in [0.25, 0.3) is 0 Å². The Hall–Kier alpha value is -1.69. The summed E-state index contributed by atoms with van der Waals surface area (Å²) in [5.74, 6) is 0.786. The number of nitrogens with zero attached hydrogens (tertiary/aromatic N) is 3. The second-order valence-electron chi connectivity index (χ2n) is 2.96. The van der Waals surface area contributed by atoms with Gasteiger partial charge in [-0.25, -0.2) is 5.01 Å². The zero-order chi connectivity index (χ0) is 10.7. The number of nitrogen functional groups attached to an aromatic ring is 1. The van der Waals surface area contributed by atoms with E-state index in [2.05, 4.69) is 10.3 Å². The van der Waals surface area contributed by atoms with E-state index >= 15 is 0 Å². The molecule has 15 heavy (non-hydrogen) atoms. The maximum absolute atomic E-state index is 9.49. The third kappa shape index (κ3) is 2.41. The van der Waals surface area contributed by atoms with Gasteiger partial charge in [0, 0.05) is 18.0 Å². The molecule has 0 saturated carbocycles. The van der Waals surface area contributed by atoms with E-state index in [0.717, 1.165) is 5.88 Å². The van der Waals surface area contributed by atoms with E-state index in [0.29, 0.717) is 11.4 Å². The minimum Gasteiger partial charge on any atom is -0.506 e. The van der Waals surface area contributed by atoms with Crippen LogP contribution in [0.4, 0.5) is 11.4 Å². The predicted octanol–water partition coefficient (Wildman–Crippen LogP) is 2.45. The molecule has 0 saturated heterocycles. The van der Waals surface area contributed by atoms with Gasteiger partial charge in [0.05, 0.1) is 5.88 Å². The first kappa shape index (κ1) is 9.85. The number of phenolic OH excluding ortho intramolecular Hbond substituents is 1. The van der Waals surface area contributed by atoms with Gasteiger partial charge >= 0.3 is 0 Å². The second kappa shape index (κ2) is 4.22. The summed E-state index contributed by atoms with van der Waals surface area (Å²) < 4.78 is 0. The first-order valence-electron chi connectivity index (χ1n) is 4.31. The van der Waals surface area contributed by atoms with Crippen molar-refractivity contribution in [1.82, 2.24) is 5.01 Å². The average Bonchev–Trinajstić information content (AvgIpc) is 2.69. The van der Waals surface area contributed by atoms with E-state index in [9.17, 15) is 5.11 Å². The number of nitrogens with two attached hydrogens (primary N) is 1. The number of hydrogen-bond donors (Lipinski definition) is 2. The fraction of sp³-hybridized carbons (Fsp3) is 0.111. The summed E-state index contributed by atoms with van der Waals surface area (Å²) in [4.78, 5) is 0. The van der Waals surface area contributed by atoms with Crippen molar-refractivity contribution in [2.45, 2.75) is 0 Å². The van der Waals surface area contributed by atoms with Crippen LogP contribution in [0, 0.1) is 0 Å². The van der Waals surface area contributed by atoms with Crippen molar-refractivity contribution >= 4 is 23.1 Å². The molecule has 2 rings (SSSR count). The molecule has 0 radical (unpaired) electrons. The van der Waals surface area contributed by atoms with E-state index < -0.39 is 0 Å². The standard InChI is InChI=1S/C9H10N4OS/c10-7-1-2-8(9(14)5-7)11-12-13-3-4-15-6-13/h1-5,14H,6,10H2. The second-order valence-corrected chi connectivity index (χ2v) is 3.82. The predicted molar refractivity (Wildman–Crippen MR) is 60.5 cm³/mol. The zero-order valence-corrected chi connectivity index (χ0v) is 8.68. The summed E-state index contributed by atoms with van der Waals surface area (Å²) in [6.45, 7) is 0. The lowest BCUT2D eigenvalue weighted by molar-refractivity contribution is 0.441. The van der Waals surface area contributed by atoms with E-state index in [1.165, 1.54) is 6.07 Å². The number of rotatable bonds is 2. The van der Waals surface area contributed by atoms with Crippen LogP contribution < -0.4 is 5.73 Å². The Morgan fingerprint density at radius 3 is 3.00 bits per heavy atom. The summed E-state index contributed by atoms with van der Waals surface area (Å²) in [6.07, 6.45) is 1.82.